The van der Waals surface area contributed by atoms with E-state index in [2.05, 4.69) is 39.4 Å². The Hall–Kier alpha value is -4.20. The summed E-state index contributed by atoms with van der Waals surface area (Å²) in [5.41, 5.74) is -0.294. The Balaban J connectivity index is 1.39. The summed E-state index contributed by atoms with van der Waals surface area (Å²) in [5.74, 6) is -2.84. The second-order valence-electron chi connectivity index (χ2n) is 15.2. The van der Waals surface area contributed by atoms with Crippen molar-refractivity contribution in [2.75, 3.05) is 13.2 Å². The van der Waals surface area contributed by atoms with E-state index in [1.807, 2.05) is 24.3 Å². The summed E-state index contributed by atoms with van der Waals surface area (Å²) in [6.07, 6.45) is 9.92. The number of hydrogen-bond donors (Lipinski definition) is 4. The maximum absolute atomic E-state index is 14.3. The van der Waals surface area contributed by atoms with Crippen LogP contribution in [0.15, 0.2) is 43.0 Å². The minimum atomic E-state index is -3.89. The number of allylic oxidation sites excluding steroid dienone is 1. The Labute approximate surface area is 300 Å². The summed E-state index contributed by atoms with van der Waals surface area (Å²) >= 11 is 0. The zero-order valence-corrected chi connectivity index (χ0v) is 30.6. The second kappa shape index (κ2) is 15.6. The molecule has 2 heterocycles. The molecule has 2 aliphatic carbocycles. The normalized spacial score (nSPS) is 28.8. The van der Waals surface area contributed by atoms with Gasteiger partial charge >= 0.3 is 6.09 Å². The molecular weight excluding hydrogens is 675 g/mol. The van der Waals surface area contributed by atoms with Gasteiger partial charge < -0.3 is 25.6 Å². The topological polar surface area (TPSA) is 180 Å². The predicted octanol–water partition coefficient (Wildman–Crippen LogP) is 3.10. The number of cyclic esters (lactones) is 1. The predicted molar refractivity (Wildman–Crippen MR) is 191 cm³/mol. The van der Waals surface area contributed by atoms with Gasteiger partial charge in [0.05, 0.1) is 11.9 Å². The van der Waals surface area contributed by atoms with E-state index in [1.165, 1.54) is 11.0 Å². The molecule has 2 saturated carbocycles. The molecular formula is C37H51N5O8S. The van der Waals surface area contributed by atoms with Gasteiger partial charge in [-0.15, -0.1) is 6.58 Å². The average molecular weight is 726 g/mol. The lowest BCUT2D eigenvalue weighted by Crippen LogP contribution is -2.60. The van der Waals surface area contributed by atoms with Crippen molar-refractivity contribution in [3.05, 3.63) is 54.1 Å². The number of alkyl carbamates (subject to hydrolysis) is 1. The van der Waals surface area contributed by atoms with E-state index < -0.39 is 74.1 Å². The van der Waals surface area contributed by atoms with Gasteiger partial charge in [0.2, 0.25) is 27.7 Å². The summed E-state index contributed by atoms with van der Waals surface area (Å²) in [7, 11) is -3.89. The van der Waals surface area contributed by atoms with Gasteiger partial charge in [-0.2, -0.15) is 0 Å². The Morgan fingerprint density at radius 2 is 1.80 bits per heavy atom. The van der Waals surface area contributed by atoms with Crippen LogP contribution in [0.3, 0.4) is 0 Å². The highest BCUT2D eigenvalue weighted by molar-refractivity contribution is 7.91. The Kier molecular flexibility index (Phi) is 11.6. The molecule has 0 aromatic heterocycles. The molecule has 13 nitrogen and oxygen atoms in total. The third-order valence-electron chi connectivity index (χ3n) is 10.1. The zero-order chi connectivity index (χ0) is 37.0. The molecule has 1 aromatic rings. The van der Waals surface area contributed by atoms with Gasteiger partial charge in [-0.1, -0.05) is 63.3 Å². The van der Waals surface area contributed by atoms with E-state index in [-0.39, 0.29) is 38.3 Å². The molecule has 5 amide bonds. The highest BCUT2D eigenvalue weighted by atomic mass is 32.2. The first-order valence-electron chi connectivity index (χ1n) is 17.9. The van der Waals surface area contributed by atoms with Crippen LogP contribution in [0.25, 0.3) is 6.08 Å². The Morgan fingerprint density at radius 1 is 1.06 bits per heavy atom. The summed E-state index contributed by atoms with van der Waals surface area (Å²) < 4.78 is 32.8. The maximum atomic E-state index is 14.3. The molecule has 0 unspecified atom stereocenters. The Bertz CT molecular complexity index is 1670. The van der Waals surface area contributed by atoms with Crippen LogP contribution in [0, 0.1) is 11.3 Å². The molecule has 278 valence electrons. The average Bonchev–Trinajstić information content (AvgIpc) is 4.00. The zero-order valence-electron chi connectivity index (χ0n) is 29.7. The fourth-order valence-corrected chi connectivity index (χ4v) is 8.18. The lowest BCUT2D eigenvalue weighted by Gasteiger charge is -2.35. The summed E-state index contributed by atoms with van der Waals surface area (Å²) in [5, 5.41) is 7.82. The number of amides is 5. The molecule has 14 heteroatoms. The number of fused-ring (bicyclic) bond motifs is 3. The summed E-state index contributed by atoms with van der Waals surface area (Å²) in [4.78, 5) is 69.4. The van der Waals surface area contributed by atoms with Crippen molar-refractivity contribution < 1.29 is 37.1 Å². The SMILES string of the molecule is C=C[C@H]1C[C@]1(NC(=O)[C@@H]1C[C@@H]2CN1C(=O)[C@H](C(C)(C)C)NC(=O)OCCCCC/C=C/c1ccccc1CCC(=O)N2)C(=O)NS(=O)(=O)C1CC1. The van der Waals surface area contributed by atoms with Crippen molar-refractivity contribution >= 4 is 45.8 Å². The van der Waals surface area contributed by atoms with E-state index in [0.717, 1.165) is 30.4 Å². The van der Waals surface area contributed by atoms with E-state index in [0.29, 0.717) is 25.7 Å². The van der Waals surface area contributed by atoms with Crippen LogP contribution in [-0.2, 0) is 40.4 Å². The Morgan fingerprint density at radius 3 is 2.49 bits per heavy atom. The molecule has 1 aromatic carbocycles. The van der Waals surface area contributed by atoms with Crippen LogP contribution >= 0.6 is 0 Å². The van der Waals surface area contributed by atoms with Crippen molar-refractivity contribution in [3.8, 4) is 0 Å². The number of carbonyl (C=O) groups excluding carboxylic acids is 5. The van der Waals surface area contributed by atoms with Crippen molar-refractivity contribution in [2.45, 2.75) is 114 Å². The quantitative estimate of drug-likeness (QED) is 0.323. The molecule has 0 radical (unpaired) electrons. The van der Waals surface area contributed by atoms with E-state index in [1.54, 1.807) is 20.8 Å². The monoisotopic (exact) mass is 725 g/mol. The van der Waals surface area contributed by atoms with Crippen LogP contribution in [0.4, 0.5) is 4.79 Å². The van der Waals surface area contributed by atoms with Gasteiger partial charge in [0.15, 0.2) is 0 Å². The van der Waals surface area contributed by atoms with Crippen LogP contribution in [0.2, 0.25) is 0 Å². The van der Waals surface area contributed by atoms with Crippen LogP contribution in [0.1, 0.15) is 89.7 Å². The number of rotatable bonds is 6. The van der Waals surface area contributed by atoms with Crippen molar-refractivity contribution in [3.63, 3.8) is 0 Å². The minimum absolute atomic E-state index is 0.0224. The van der Waals surface area contributed by atoms with Gasteiger partial charge in [0.25, 0.3) is 5.91 Å². The smallest absolute Gasteiger partial charge is 0.407 e. The molecule has 5 rings (SSSR count). The van der Waals surface area contributed by atoms with Gasteiger partial charge in [-0.25, -0.2) is 13.2 Å². The number of benzene rings is 1. The highest BCUT2D eigenvalue weighted by Crippen LogP contribution is 2.45. The van der Waals surface area contributed by atoms with E-state index >= 15 is 0 Å². The summed E-state index contributed by atoms with van der Waals surface area (Å²) in [6, 6.07) is 5.05. The second-order valence-corrected chi connectivity index (χ2v) is 17.2. The minimum Gasteiger partial charge on any atom is -0.450 e. The molecule has 2 bridgehead atoms. The first-order valence-corrected chi connectivity index (χ1v) is 19.5. The molecule has 51 heavy (non-hydrogen) atoms. The van der Waals surface area contributed by atoms with E-state index in [4.69, 9.17) is 4.74 Å². The molecule has 4 N–H and O–H groups in total. The van der Waals surface area contributed by atoms with Crippen molar-refractivity contribution in [2.24, 2.45) is 11.3 Å². The number of ether oxygens (including phenoxy) is 1. The highest BCUT2D eigenvalue weighted by Gasteiger charge is 2.62. The fourth-order valence-electron chi connectivity index (χ4n) is 6.81. The lowest BCUT2D eigenvalue weighted by atomic mass is 9.85. The third kappa shape index (κ3) is 9.38. The first-order chi connectivity index (χ1) is 24.1. The number of aryl methyl sites for hydroxylation is 1. The number of nitrogens with zero attached hydrogens (tertiary/aromatic N) is 1. The van der Waals surface area contributed by atoms with Crippen molar-refractivity contribution in [1.82, 2.24) is 25.6 Å². The van der Waals surface area contributed by atoms with E-state index in [9.17, 15) is 32.4 Å². The van der Waals surface area contributed by atoms with Crippen molar-refractivity contribution in [1.29, 1.82) is 0 Å². The molecule has 2 aliphatic heterocycles. The lowest BCUT2D eigenvalue weighted by molar-refractivity contribution is -0.142. The molecule has 4 aliphatic rings. The van der Waals surface area contributed by atoms with Crippen LogP contribution < -0.4 is 20.7 Å². The van der Waals surface area contributed by atoms with Crippen LogP contribution in [0.5, 0.6) is 0 Å². The number of hydrogen-bond acceptors (Lipinski definition) is 8. The van der Waals surface area contributed by atoms with Gasteiger partial charge in [0, 0.05) is 24.9 Å². The molecule has 3 fully saturated rings. The van der Waals surface area contributed by atoms with Gasteiger partial charge in [-0.3, -0.25) is 23.9 Å². The third-order valence-corrected chi connectivity index (χ3v) is 11.9. The van der Waals surface area contributed by atoms with Gasteiger partial charge in [-0.05, 0) is 74.3 Å². The number of nitrogens with one attached hydrogen (secondary N) is 4. The largest absolute Gasteiger partial charge is 0.450 e. The maximum Gasteiger partial charge on any atom is 0.407 e. The number of carbonyl (C=O) groups is 5. The van der Waals surface area contributed by atoms with Crippen LogP contribution in [-0.4, -0.2) is 85.1 Å². The van der Waals surface area contributed by atoms with Gasteiger partial charge in [0.1, 0.15) is 17.6 Å². The molecule has 0 spiro atoms. The summed E-state index contributed by atoms with van der Waals surface area (Å²) in [6.45, 7) is 9.26. The molecule has 1 saturated heterocycles. The fraction of sp³-hybridized carbons (Fsp3) is 0.595. The first kappa shape index (κ1) is 38.0. The molecule has 5 atom stereocenters. The standard InChI is InChI=1S/C37H51N5O8S/c1-5-26-22-37(26,34(46)41-51(48,49)28-17-18-28)40-32(44)29-21-27-23-42(29)33(45)31(36(2,3)4)39-35(47)50-20-12-8-6-7-9-13-24-14-10-11-15-25(24)16-19-30(43)38-27/h5,9-11,13-15,26-29,31H,1,6-8,12,16-23H2,2-4H3,(H,38,43)(H,39,47)(H,40,44)(H,41,46)/b13-9+/t26-,27+,29-,31+,37+/m0/s1. The number of sulfonamides is 1.